The molecule has 0 N–H and O–H groups in total. The van der Waals surface area contributed by atoms with Gasteiger partial charge in [-0.25, -0.2) is 4.39 Å². The molecule has 0 fully saturated rings. The van der Waals surface area contributed by atoms with E-state index in [1.165, 1.54) is 23.3 Å². The zero-order valence-electron chi connectivity index (χ0n) is 28.0. The summed E-state index contributed by atoms with van der Waals surface area (Å²) in [5.41, 5.74) is 7.84. The number of anilines is 1. The molecule has 0 aliphatic carbocycles. The van der Waals surface area contributed by atoms with E-state index in [2.05, 4.69) is 161 Å². The van der Waals surface area contributed by atoms with Gasteiger partial charge in [-0.3, -0.25) is 4.79 Å². The minimum Gasteiger partial charge on any atom is -0.302 e. The van der Waals surface area contributed by atoms with Gasteiger partial charge in [-0.15, -0.1) is 0 Å². The van der Waals surface area contributed by atoms with E-state index in [1.54, 1.807) is 12.1 Å². The Morgan fingerprint density at radius 1 is 0.625 bits per heavy atom. The zero-order chi connectivity index (χ0) is 33.5. The van der Waals surface area contributed by atoms with Gasteiger partial charge < -0.3 is 4.90 Å². The Bertz CT molecular complexity index is 1960. The fourth-order valence-corrected chi connectivity index (χ4v) is 8.12. The maximum Gasteiger partial charge on any atom is 0.258 e. The van der Waals surface area contributed by atoms with Crippen molar-refractivity contribution in [2.75, 3.05) is 4.90 Å². The quantitative estimate of drug-likeness (QED) is 0.168. The topological polar surface area (TPSA) is 20.3 Å². The van der Waals surface area contributed by atoms with Crippen LogP contribution in [0.5, 0.6) is 0 Å². The minimum atomic E-state index is -0.633. The first-order valence-electron chi connectivity index (χ1n) is 16.6. The molecule has 1 amide bonds. The van der Waals surface area contributed by atoms with Crippen LogP contribution in [-0.2, 0) is 10.8 Å². The number of amides is 1. The SMILES string of the molecule is Cc1ccc([C@@]2(C)CC(C)(C)N(C(=O)c3ccc(F)cc3)c3ccc(C(c4ccccc4)(c4ccccc4)c4ccccc4)cc32)cc1. The highest BCUT2D eigenvalue weighted by atomic mass is 19.1. The smallest absolute Gasteiger partial charge is 0.258 e. The first kappa shape index (κ1) is 31.3. The lowest BCUT2D eigenvalue weighted by molar-refractivity contribution is 0.0948. The van der Waals surface area contributed by atoms with Crippen LogP contribution in [0.4, 0.5) is 10.1 Å². The van der Waals surface area contributed by atoms with Crippen molar-refractivity contribution in [1.82, 2.24) is 0 Å². The molecule has 7 rings (SSSR count). The number of rotatable bonds is 6. The zero-order valence-corrected chi connectivity index (χ0v) is 28.0. The van der Waals surface area contributed by atoms with Gasteiger partial charge in [0.2, 0.25) is 0 Å². The van der Waals surface area contributed by atoms with Crippen LogP contribution in [0, 0.1) is 12.7 Å². The second-order valence-corrected chi connectivity index (χ2v) is 13.9. The van der Waals surface area contributed by atoms with Crippen molar-refractivity contribution < 1.29 is 9.18 Å². The Kier molecular flexibility index (Phi) is 7.87. The molecule has 0 radical (unpaired) electrons. The molecule has 238 valence electrons. The average Bonchev–Trinajstić information content (AvgIpc) is 3.10. The minimum absolute atomic E-state index is 0.139. The molecule has 2 nitrogen and oxygen atoms in total. The number of aryl methyl sites for hydroxylation is 1. The van der Waals surface area contributed by atoms with E-state index in [4.69, 9.17) is 0 Å². The molecule has 0 saturated heterocycles. The number of halogens is 1. The van der Waals surface area contributed by atoms with Crippen molar-refractivity contribution in [1.29, 1.82) is 0 Å². The molecule has 0 aromatic heterocycles. The molecule has 1 aliphatic rings. The molecule has 6 aromatic rings. The van der Waals surface area contributed by atoms with E-state index in [9.17, 15) is 9.18 Å². The molecule has 0 unspecified atom stereocenters. The van der Waals surface area contributed by atoms with E-state index < -0.39 is 16.4 Å². The van der Waals surface area contributed by atoms with Crippen molar-refractivity contribution in [3.63, 3.8) is 0 Å². The van der Waals surface area contributed by atoms with Crippen LogP contribution in [-0.4, -0.2) is 11.4 Å². The summed E-state index contributed by atoms with van der Waals surface area (Å²) >= 11 is 0. The standard InChI is InChI=1S/C45H40FNO/c1-32-20-24-34(25-21-32)44(4)31-43(2,3)47(42(48)33-22-27-39(46)28-23-33)41-29-26-38(30-40(41)44)45(35-14-8-5-9-15-35,36-16-10-6-11-17-36)37-18-12-7-13-19-37/h5-30H,31H2,1-4H3/t44-/m1/s1. The summed E-state index contributed by atoms with van der Waals surface area (Å²) in [6.07, 6.45) is 0.696. The fraction of sp³-hybridized carbons (Fsp3) is 0.178. The summed E-state index contributed by atoms with van der Waals surface area (Å²) in [5, 5.41) is 0. The third-order valence-corrected chi connectivity index (χ3v) is 10.3. The lowest BCUT2D eigenvalue weighted by Crippen LogP contribution is -2.56. The summed E-state index contributed by atoms with van der Waals surface area (Å²) in [5.74, 6) is -0.499. The van der Waals surface area contributed by atoms with Crippen LogP contribution >= 0.6 is 0 Å². The summed E-state index contributed by atoms with van der Waals surface area (Å²) in [7, 11) is 0. The van der Waals surface area contributed by atoms with E-state index in [1.807, 2.05) is 4.90 Å². The molecule has 3 heteroatoms. The fourth-order valence-electron chi connectivity index (χ4n) is 8.12. The van der Waals surface area contributed by atoms with Gasteiger partial charge in [0.25, 0.3) is 5.91 Å². The van der Waals surface area contributed by atoms with Gasteiger partial charge >= 0.3 is 0 Å². The first-order valence-corrected chi connectivity index (χ1v) is 16.6. The Hall–Kier alpha value is -5.28. The Morgan fingerprint density at radius 3 is 1.62 bits per heavy atom. The second-order valence-electron chi connectivity index (χ2n) is 13.9. The third-order valence-electron chi connectivity index (χ3n) is 10.3. The average molecular weight is 630 g/mol. The van der Waals surface area contributed by atoms with E-state index in [0.29, 0.717) is 12.0 Å². The van der Waals surface area contributed by atoms with Crippen LogP contribution in [0.15, 0.2) is 158 Å². The van der Waals surface area contributed by atoms with Gasteiger partial charge in [-0.05, 0) is 90.9 Å². The van der Waals surface area contributed by atoms with Crippen molar-refractivity contribution in [2.45, 2.75) is 50.5 Å². The number of benzene rings is 6. The summed E-state index contributed by atoms with van der Waals surface area (Å²) in [6.45, 7) is 8.71. The highest BCUT2D eigenvalue weighted by Crippen LogP contribution is 2.54. The molecule has 6 aromatic carbocycles. The number of carbonyl (C=O) groups excluding carboxylic acids is 1. The predicted octanol–water partition coefficient (Wildman–Crippen LogP) is 10.7. The molecular weight excluding hydrogens is 589 g/mol. The molecule has 1 atom stereocenters. The van der Waals surface area contributed by atoms with Gasteiger partial charge in [0.15, 0.2) is 0 Å². The highest BCUT2D eigenvalue weighted by Gasteiger charge is 2.49. The van der Waals surface area contributed by atoms with Crippen molar-refractivity contribution in [3.8, 4) is 0 Å². The summed E-state index contributed by atoms with van der Waals surface area (Å²) < 4.78 is 14.0. The molecule has 48 heavy (non-hydrogen) atoms. The first-order chi connectivity index (χ1) is 23.1. The number of hydrogen-bond donors (Lipinski definition) is 0. The van der Waals surface area contributed by atoms with Gasteiger partial charge in [0.05, 0.1) is 5.41 Å². The van der Waals surface area contributed by atoms with E-state index in [-0.39, 0.29) is 11.7 Å². The molecule has 0 bridgehead atoms. The largest absolute Gasteiger partial charge is 0.302 e. The van der Waals surface area contributed by atoms with Crippen molar-refractivity contribution in [2.24, 2.45) is 0 Å². The van der Waals surface area contributed by atoms with E-state index in [0.717, 1.165) is 33.5 Å². The van der Waals surface area contributed by atoms with Crippen LogP contribution in [0.2, 0.25) is 0 Å². The maximum absolute atomic E-state index is 14.4. The van der Waals surface area contributed by atoms with E-state index >= 15 is 0 Å². The van der Waals surface area contributed by atoms with Crippen LogP contribution < -0.4 is 4.90 Å². The number of nitrogens with zero attached hydrogens (tertiary/aromatic N) is 1. The molecule has 0 spiro atoms. The van der Waals surface area contributed by atoms with Crippen molar-refractivity contribution in [3.05, 3.63) is 208 Å². The monoisotopic (exact) mass is 629 g/mol. The molecular formula is C45H40FNO. The molecule has 0 saturated carbocycles. The Balaban J connectivity index is 1.55. The van der Waals surface area contributed by atoms with Crippen molar-refractivity contribution >= 4 is 11.6 Å². The normalized spacial score (nSPS) is 17.1. The second kappa shape index (κ2) is 12.1. The van der Waals surface area contributed by atoms with Gasteiger partial charge in [-0.2, -0.15) is 0 Å². The molecule has 1 aliphatic heterocycles. The lowest BCUT2D eigenvalue weighted by Gasteiger charge is -2.52. The highest BCUT2D eigenvalue weighted by molar-refractivity contribution is 6.08. The molecule has 1 heterocycles. The van der Waals surface area contributed by atoms with Crippen LogP contribution in [0.3, 0.4) is 0 Å². The number of fused-ring (bicyclic) bond motifs is 1. The Morgan fingerprint density at radius 2 is 1.12 bits per heavy atom. The predicted molar refractivity (Wildman–Crippen MR) is 194 cm³/mol. The summed E-state index contributed by atoms with van der Waals surface area (Å²) in [4.78, 5) is 16.4. The lowest BCUT2D eigenvalue weighted by atomic mass is 9.61. The van der Waals surface area contributed by atoms with Crippen LogP contribution in [0.25, 0.3) is 0 Å². The summed E-state index contributed by atoms with van der Waals surface area (Å²) in [6, 6.07) is 53.5. The van der Waals surface area contributed by atoms with Gasteiger partial charge in [-0.1, -0.05) is 140 Å². The maximum atomic E-state index is 14.4. The van der Waals surface area contributed by atoms with Gasteiger partial charge in [0.1, 0.15) is 5.82 Å². The third kappa shape index (κ3) is 5.15. The van der Waals surface area contributed by atoms with Crippen LogP contribution in [0.1, 0.15) is 76.5 Å². The number of carbonyl (C=O) groups is 1. The number of hydrogen-bond acceptors (Lipinski definition) is 1. The van der Waals surface area contributed by atoms with Gasteiger partial charge in [0, 0.05) is 22.2 Å². The Labute approximate surface area is 283 Å².